The van der Waals surface area contributed by atoms with Gasteiger partial charge in [-0.05, 0) is 53.9 Å². The molecule has 176 valence electrons. The first-order valence-corrected chi connectivity index (χ1v) is 10.8. The summed E-state index contributed by atoms with van der Waals surface area (Å²) in [5, 5.41) is 19.6. The van der Waals surface area contributed by atoms with Gasteiger partial charge < -0.3 is 10.6 Å². The number of benzene rings is 1. The van der Waals surface area contributed by atoms with Crippen molar-refractivity contribution < 1.29 is 9.42 Å². The highest BCUT2D eigenvalue weighted by Gasteiger charge is 2.25. The number of hydrazone groups is 1. The summed E-state index contributed by atoms with van der Waals surface area (Å²) in [6.07, 6.45) is 3.50. The van der Waals surface area contributed by atoms with Crippen LogP contribution in [0, 0.1) is 0 Å². The summed E-state index contributed by atoms with van der Waals surface area (Å²) in [7, 11) is 3.94. The molecule has 0 saturated heterocycles. The Morgan fingerprint density at radius 1 is 1.18 bits per heavy atom. The van der Waals surface area contributed by atoms with Gasteiger partial charge in [-0.2, -0.15) is 9.78 Å². The van der Waals surface area contributed by atoms with Crippen molar-refractivity contribution >= 4 is 23.6 Å². The first-order valence-electron chi connectivity index (χ1n) is 10.8. The maximum Gasteiger partial charge on any atom is 0.293 e. The van der Waals surface area contributed by atoms with E-state index in [-0.39, 0.29) is 17.3 Å². The first-order chi connectivity index (χ1) is 15.9. The van der Waals surface area contributed by atoms with E-state index in [9.17, 15) is 4.79 Å². The average Bonchev–Trinajstić information content (AvgIpc) is 3.40. The number of hydrogen-bond donors (Lipinski definition) is 2. The highest BCUT2D eigenvalue weighted by molar-refractivity contribution is 5.94. The minimum absolute atomic E-state index is 0.0600. The van der Waals surface area contributed by atoms with Gasteiger partial charge in [-0.15, -0.1) is 5.10 Å². The van der Waals surface area contributed by atoms with Gasteiger partial charge in [-0.1, -0.05) is 31.2 Å². The number of carbonyl (C=O) groups is 1. The Morgan fingerprint density at radius 3 is 2.45 bits per heavy atom. The van der Waals surface area contributed by atoms with Gasteiger partial charge in [0, 0.05) is 26.3 Å². The molecule has 0 atom stereocenters. The predicted molar refractivity (Wildman–Crippen MR) is 125 cm³/mol. The molecule has 3 rings (SSSR count). The van der Waals surface area contributed by atoms with Crippen LogP contribution in [0.25, 0.3) is 5.82 Å². The van der Waals surface area contributed by atoms with Crippen LogP contribution in [0.3, 0.4) is 0 Å². The van der Waals surface area contributed by atoms with Crippen LogP contribution in [0.15, 0.2) is 34.0 Å². The number of anilines is 2. The topological polar surface area (TPSA) is 144 Å². The molecule has 0 aliphatic heterocycles. The highest BCUT2D eigenvalue weighted by Crippen LogP contribution is 2.18. The molecule has 3 aromatic rings. The number of hydrogen-bond acceptors (Lipinski definition) is 10. The largest absolute Gasteiger partial charge is 0.378 e. The third-order valence-corrected chi connectivity index (χ3v) is 4.92. The quantitative estimate of drug-likeness (QED) is 0.327. The van der Waals surface area contributed by atoms with Gasteiger partial charge in [0.15, 0.2) is 5.69 Å². The fraction of sp³-hybridized carbons (Fsp3) is 0.429. The molecule has 0 spiro atoms. The molecule has 12 heteroatoms. The molecule has 3 N–H and O–H groups in total. The van der Waals surface area contributed by atoms with E-state index >= 15 is 0 Å². The fourth-order valence-electron chi connectivity index (χ4n) is 3.32. The zero-order chi connectivity index (χ0) is 23.8. The van der Waals surface area contributed by atoms with Crippen LogP contribution in [0.4, 0.5) is 11.5 Å². The average molecular weight is 455 g/mol. The smallest absolute Gasteiger partial charge is 0.293 e. The van der Waals surface area contributed by atoms with Crippen molar-refractivity contribution in [2.24, 2.45) is 5.10 Å². The van der Waals surface area contributed by atoms with Crippen molar-refractivity contribution in [3.8, 4) is 5.82 Å². The van der Waals surface area contributed by atoms with E-state index in [1.54, 1.807) is 6.21 Å². The molecule has 2 heterocycles. The monoisotopic (exact) mass is 454 g/mol. The van der Waals surface area contributed by atoms with Crippen LogP contribution in [0.2, 0.25) is 0 Å². The molecule has 1 aromatic carbocycles. The number of carbonyl (C=O) groups excluding carboxylic acids is 1. The van der Waals surface area contributed by atoms with Crippen molar-refractivity contribution in [1.82, 2.24) is 35.6 Å². The van der Waals surface area contributed by atoms with Crippen LogP contribution in [0.5, 0.6) is 0 Å². The van der Waals surface area contributed by atoms with Gasteiger partial charge in [0.2, 0.25) is 11.6 Å². The fourth-order valence-corrected chi connectivity index (χ4v) is 3.32. The summed E-state index contributed by atoms with van der Waals surface area (Å²) in [5.74, 6) is -0.237. The second kappa shape index (κ2) is 11.2. The van der Waals surface area contributed by atoms with Crippen LogP contribution < -0.4 is 16.1 Å². The molecule has 0 radical (unpaired) electrons. The number of rotatable bonds is 11. The summed E-state index contributed by atoms with van der Waals surface area (Å²) < 4.78 is 6.10. The number of nitrogens with zero attached hydrogens (tertiary/aromatic N) is 8. The molecule has 33 heavy (non-hydrogen) atoms. The number of nitrogens with one attached hydrogen (secondary N) is 1. The first kappa shape index (κ1) is 23.9. The SMILES string of the molecule is CCCN(CCC)Cc1c(C(=O)NN=Cc2ccc(N(C)C)cc2)nnn1-c1nonc1N. The molecule has 0 aliphatic rings. The van der Waals surface area contributed by atoms with E-state index in [1.165, 1.54) is 4.68 Å². The van der Waals surface area contributed by atoms with E-state index in [2.05, 4.69) is 49.9 Å². The van der Waals surface area contributed by atoms with Gasteiger partial charge in [-0.3, -0.25) is 9.69 Å². The minimum atomic E-state index is -0.486. The van der Waals surface area contributed by atoms with Crippen LogP contribution in [0.1, 0.15) is 48.4 Å². The minimum Gasteiger partial charge on any atom is -0.378 e. The van der Waals surface area contributed by atoms with Crippen molar-refractivity contribution in [2.75, 3.05) is 37.8 Å². The Balaban J connectivity index is 1.82. The van der Waals surface area contributed by atoms with Crippen molar-refractivity contribution in [3.05, 3.63) is 41.2 Å². The maximum atomic E-state index is 12.9. The second-order valence-electron chi connectivity index (χ2n) is 7.73. The molecule has 0 fully saturated rings. The lowest BCUT2D eigenvalue weighted by Gasteiger charge is -2.21. The van der Waals surface area contributed by atoms with E-state index in [1.807, 2.05) is 43.3 Å². The molecule has 1 amide bonds. The number of nitrogen functional groups attached to an aromatic ring is 1. The van der Waals surface area contributed by atoms with Gasteiger partial charge in [0.05, 0.1) is 11.9 Å². The van der Waals surface area contributed by atoms with Crippen LogP contribution in [-0.2, 0) is 6.54 Å². The molecule has 0 bridgehead atoms. The molecule has 2 aromatic heterocycles. The number of aromatic nitrogens is 5. The Bertz CT molecular complexity index is 1070. The normalized spacial score (nSPS) is 11.4. The van der Waals surface area contributed by atoms with E-state index in [0.717, 1.165) is 37.2 Å². The predicted octanol–water partition coefficient (Wildman–Crippen LogP) is 1.68. The van der Waals surface area contributed by atoms with Crippen molar-refractivity contribution in [3.63, 3.8) is 0 Å². The second-order valence-corrected chi connectivity index (χ2v) is 7.73. The summed E-state index contributed by atoms with van der Waals surface area (Å²) >= 11 is 0. The van der Waals surface area contributed by atoms with Gasteiger partial charge in [-0.25, -0.2) is 10.1 Å². The lowest BCUT2D eigenvalue weighted by Crippen LogP contribution is -2.28. The van der Waals surface area contributed by atoms with Crippen molar-refractivity contribution in [1.29, 1.82) is 0 Å². The Labute approximate surface area is 192 Å². The third-order valence-electron chi connectivity index (χ3n) is 4.92. The lowest BCUT2D eigenvalue weighted by atomic mass is 10.2. The maximum absolute atomic E-state index is 12.9. The summed E-state index contributed by atoms with van der Waals surface area (Å²) in [6.45, 7) is 6.34. The standard InChI is InChI=1S/C21H30N10O2/c1-5-11-30(12-6-2)14-17-18(24-28-31(17)20-19(22)26-33-27-20)21(32)25-23-13-15-7-9-16(10-8-15)29(3)4/h7-10,13H,5-6,11-12,14H2,1-4H3,(H2,22,26)(H,25,32). The van der Waals surface area contributed by atoms with Gasteiger partial charge in [0.1, 0.15) is 0 Å². The van der Waals surface area contributed by atoms with E-state index in [0.29, 0.717) is 12.2 Å². The molecule has 0 unspecified atom stereocenters. The Kier molecular flexibility index (Phi) is 8.08. The van der Waals surface area contributed by atoms with Gasteiger partial charge in [0.25, 0.3) is 5.91 Å². The van der Waals surface area contributed by atoms with Crippen molar-refractivity contribution in [2.45, 2.75) is 33.2 Å². The summed E-state index contributed by atoms with van der Waals surface area (Å²) in [4.78, 5) is 17.1. The van der Waals surface area contributed by atoms with Gasteiger partial charge >= 0.3 is 0 Å². The zero-order valence-corrected chi connectivity index (χ0v) is 19.4. The highest BCUT2D eigenvalue weighted by atomic mass is 16.6. The molecule has 0 aliphatic carbocycles. The Morgan fingerprint density at radius 2 is 1.88 bits per heavy atom. The van der Waals surface area contributed by atoms with E-state index < -0.39 is 5.91 Å². The zero-order valence-electron chi connectivity index (χ0n) is 19.4. The molecule has 0 saturated carbocycles. The Hall–Kier alpha value is -3.80. The number of nitrogens with two attached hydrogens (primary N) is 1. The number of amides is 1. The van der Waals surface area contributed by atoms with Crippen LogP contribution >= 0.6 is 0 Å². The van der Waals surface area contributed by atoms with Crippen LogP contribution in [-0.4, -0.2) is 69.5 Å². The van der Waals surface area contributed by atoms with E-state index in [4.69, 9.17) is 10.4 Å². The molecular weight excluding hydrogens is 424 g/mol. The molecule has 12 nitrogen and oxygen atoms in total. The third kappa shape index (κ3) is 5.92. The molecular formula is C21H30N10O2. The lowest BCUT2D eigenvalue weighted by molar-refractivity contribution is 0.0947. The summed E-state index contributed by atoms with van der Waals surface area (Å²) in [6, 6.07) is 7.78. The summed E-state index contributed by atoms with van der Waals surface area (Å²) in [5.41, 5.74) is 11.0.